The lowest BCUT2D eigenvalue weighted by Crippen LogP contribution is -2.40. The molecule has 2 aromatic heterocycles. The Morgan fingerprint density at radius 2 is 2.13 bits per heavy atom. The second-order valence-electron chi connectivity index (χ2n) is 6.58. The van der Waals surface area contributed by atoms with Crippen molar-refractivity contribution in [2.45, 2.75) is 39.2 Å². The number of nitrogens with zero attached hydrogens (tertiary/aromatic N) is 3. The van der Waals surface area contributed by atoms with Crippen LogP contribution in [0.25, 0.3) is 0 Å². The Morgan fingerprint density at radius 3 is 2.87 bits per heavy atom. The Morgan fingerprint density at radius 1 is 1.30 bits per heavy atom. The van der Waals surface area contributed by atoms with E-state index in [1.807, 2.05) is 6.92 Å². The van der Waals surface area contributed by atoms with E-state index in [0.717, 1.165) is 19.4 Å². The van der Waals surface area contributed by atoms with Crippen LogP contribution in [-0.4, -0.2) is 47.0 Å². The number of carbonyl (C=O) groups is 1. The van der Waals surface area contributed by atoms with E-state index in [1.54, 1.807) is 19.3 Å². The van der Waals surface area contributed by atoms with E-state index in [1.165, 1.54) is 12.3 Å². The molecule has 0 spiro atoms. The Labute approximate surface area is 176 Å². The van der Waals surface area contributed by atoms with Crippen LogP contribution in [0.5, 0.6) is 0 Å². The summed E-state index contributed by atoms with van der Waals surface area (Å²) in [4.78, 5) is 23.9. The third-order valence-electron chi connectivity index (χ3n) is 4.14. The predicted octanol–water partition coefficient (Wildman–Crippen LogP) is 2.43. The van der Waals surface area contributed by atoms with E-state index in [0.29, 0.717) is 36.0 Å². The van der Waals surface area contributed by atoms with E-state index in [2.05, 4.69) is 55.0 Å². The molecule has 0 aromatic carbocycles. The minimum absolute atomic E-state index is 0.0259. The molecule has 0 aliphatic rings. The van der Waals surface area contributed by atoms with Crippen molar-refractivity contribution < 1.29 is 9.18 Å². The molecule has 0 aliphatic carbocycles. The van der Waals surface area contributed by atoms with Gasteiger partial charge in [0.1, 0.15) is 5.82 Å². The van der Waals surface area contributed by atoms with Crippen LogP contribution in [0.4, 0.5) is 21.8 Å². The van der Waals surface area contributed by atoms with Crippen molar-refractivity contribution in [1.82, 2.24) is 25.6 Å². The maximum atomic E-state index is 13.3. The van der Waals surface area contributed by atoms with Gasteiger partial charge in [-0.1, -0.05) is 18.8 Å². The van der Waals surface area contributed by atoms with Crippen molar-refractivity contribution in [1.29, 1.82) is 0 Å². The molecule has 30 heavy (non-hydrogen) atoms. The standard InChI is InChI=1S/C21H28FN7O/c1-4-10-25-19-16(8-6-5-7-11-26-20(30)15(2)23-3)14-27-21(29-19)28-17-9-12-24-18(22)13-17/h9,12-15,23H,4-5,7,10-11H2,1-3H3,(H,26,30)(H2,24,25,27,28,29)/t15-/m0/s1. The zero-order valence-corrected chi connectivity index (χ0v) is 17.6. The summed E-state index contributed by atoms with van der Waals surface area (Å²) in [6.45, 7) is 5.18. The molecule has 8 nitrogen and oxygen atoms in total. The van der Waals surface area contributed by atoms with E-state index >= 15 is 0 Å². The van der Waals surface area contributed by atoms with Crippen LogP contribution in [0, 0.1) is 17.8 Å². The number of carbonyl (C=O) groups excluding carboxylic acids is 1. The molecular formula is C21H28FN7O. The van der Waals surface area contributed by atoms with Crippen LogP contribution in [0.1, 0.15) is 38.7 Å². The van der Waals surface area contributed by atoms with E-state index in [-0.39, 0.29) is 11.9 Å². The zero-order chi connectivity index (χ0) is 21.8. The molecule has 0 radical (unpaired) electrons. The van der Waals surface area contributed by atoms with Crippen LogP contribution in [0.2, 0.25) is 0 Å². The van der Waals surface area contributed by atoms with Crippen molar-refractivity contribution in [2.24, 2.45) is 0 Å². The first-order chi connectivity index (χ1) is 14.5. The Kier molecular flexibility index (Phi) is 9.48. The van der Waals surface area contributed by atoms with Gasteiger partial charge in [-0.25, -0.2) is 9.97 Å². The van der Waals surface area contributed by atoms with E-state index in [9.17, 15) is 9.18 Å². The smallest absolute Gasteiger partial charge is 0.236 e. The molecule has 2 aromatic rings. The van der Waals surface area contributed by atoms with Gasteiger partial charge in [-0.2, -0.15) is 9.37 Å². The minimum atomic E-state index is -0.580. The molecule has 0 fully saturated rings. The molecule has 1 atom stereocenters. The number of aromatic nitrogens is 3. The normalized spacial score (nSPS) is 11.2. The van der Waals surface area contributed by atoms with Crippen LogP contribution >= 0.6 is 0 Å². The minimum Gasteiger partial charge on any atom is -0.369 e. The number of rotatable bonds is 10. The molecule has 0 aliphatic heterocycles. The molecule has 0 unspecified atom stereocenters. The number of amides is 1. The molecule has 2 rings (SSSR count). The summed E-state index contributed by atoms with van der Waals surface area (Å²) >= 11 is 0. The summed E-state index contributed by atoms with van der Waals surface area (Å²) in [6, 6.07) is 2.69. The lowest BCUT2D eigenvalue weighted by Gasteiger charge is -2.10. The Bertz CT molecular complexity index is 894. The summed E-state index contributed by atoms with van der Waals surface area (Å²) < 4.78 is 13.3. The number of hydrogen-bond acceptors (Lipinski definition) is 7. The van der Waals surface area contributed by atoms with Gasteiger partial charge in [-0.15, -0.1) is 0 Å². The zero-order valence-electron chi connectivity index (χ0n) is 17.6. The van der Waals surface area contributed by atoms with Crippen molar-refractivity contribution in [3.63, 3.8) is 0 Å². The van der Waals surface area contributed by atoms with Crippen molar-refractivity contribution in [3.8, 4) is 11.8 Å². The highest BCUT2D eigenvalue weighted by Gasteiger charge is 2.08. The number of hydrogen-bond donors (Lipinski definition) is 4. The van der Waals surface area contributed by atoms with Crippen molar-refractivity contribution in [2.75, 3.05) is 30.8 Å². The number of likely N-dealkylation sites (N-methyl/N-ethyl adjacent to an activating group) is 1. The average molecular weight is 414 g/mol. The summed E-state index contributed by atoms with van der Waals surface area (Å²) in [7, 11) is 1.75. The van der Waals surface area contributed by atoms with Crippen LogP contribution in [-0.2, 0) is 4.79 Å². The van der Waals surface area contributed by atoms with E-state index in [4.69, 9.17) is 0 Å². The summed E-state index contributed by atoms with van der Waals surface area (Å²) in [6.07, 6.45) is 5.32. The summed E-state index contributed by atoms with van der Waals surface area (Å²) in [5.74, 6) is 6.53. The van der Waals surface area contributed by atoms with Crippen LogP contribution < -0.4 is 21.3 Å². The molecule has 9 heteroatoms. The third-order valence-corrected chi connectivity index (χ3v) is 4.14. The third kappa shape index (κ3) is 7.64. The molecule has 2 heterocycles. The predicted molar refractivity (Wildman–Crippen MR) is 116 cm³/mol. The number of anilines is 3. The topological polar surface area (TPSA) is 104 Å². The molecule has 1 amide bonds. The highest BCUT2D eigenvalue weighted by molar-refractivity contribution is 5.81. The number of halogens is 1. The van der Waals surface area contributed by atoms with E-state index < -0.39 is 5.95 Å². The highest BCUT2D eigenvalue weighted by Crippen LogP contribution is 2.17. The molecule has 4 N–H and O–H groups in total. The summed E-state index contributed by atoms with van der Waals surface area (Å²) in [5, 5.41) is 12.0. The fourth-order valence-electron chi connectivity index (χ4n) is 2.35. The average Bonchev–Trinajstić information content (AvgIpc) is 2.74. The Balaban J connectivity index is 1.98. The monoisotopic (exact) mass is 413 g/mol. The van der Waals surface area contributed by atoms with Gasteiger partial charge >= 0.3 is 0 Å². The Hall–Kier alpha value is -3.25. The molecule has 0 saturated heterocycles. The molecule has 0 bridgehead atoms. The van der Waals surface area contributed by atoms with Crippen LogP contribution in [0.3, 0.4) is 0 Å². The lowest BCUT2D eigenvalue weighted by atomic mass is 10.2. The first-order valence-electron chi connectivity index (χ1n) is 9.96. The molecule has 160 valence electrons. The fourth-order valence-corrected chi connectivity index (χ4v) is 2.35. The quantitative estimate of drug-likeness (QED) is 0.269. The number of nitrogens with one attached hydrogen (secondary N) is 4. The largest absolute Gasteiger partial charge is 0.369 e. The lowest BCUT2D eigenvalue weighted by molar-refractivity contribution is -0.122. The van der Waals surface area contributed by atoms with Gasteiger partial charge in [-0.3, -0.25) is 4.79 Å². The fraction of sp³-hybridized carbons (Fsp3) is 0.429. The molecular weight excluding hydrogens is 385 g/mol. The van der Waals surface area contributed by atoms with Gasteiger partial charge < -0.3 is 21.3 Å². The summed E-state index contributed by atoms with van der Waals surface area (Å²) in [5.41, 5.74) is 1.19. The van der Waals surface area contributed by atoms with Gasteiger partial charge in [0.2, 0.25) is 17.8 Å². The van der Waals surface area contributed by atoms with Gasteiger partial charge in [-0.05, 0) is 32.9 Å². The van der Waals surface area contributed by atoms with Gasteiger partial charge in [0.25, 0.3) is 0 Å². The maximum absolute atomic E-state index is 13.3. The van der Waals surface area contributed by atoms with Gasteiger partial charge in [0.15, 0.2) is 0 Å². The number of unbranched alkanes of at least 4 members (excludes halogenated alkanes) is 1. The maximum Gasteiger partial charge on any atom is 0.236 e. The van der Waals surface area contributed by atoms with Crippen LogP contribution in [0.15, 0.2) is 24.5 Å². The first-order valence-corrected chi connectivity index (χ1v) is 9.96. The molecule has 0 saturated carbocycles. The SMILES string of the molecule is CCCNc1nc(Nc2ccnc(F)c2)ncc1C#CCCCNC(=O)[C@H](C)NC. The first kappa shape index (κ1) is 23.0. The number of pyridine rings is 1. The van der Waals surface area contributed by atoms with Crippen molar-refractivity contribution in [3.05, 3.63) is 36.0 Å². The highest BCUT2D eigenvalue weighted by atomic mass is 19.1. The van der Waals surface area contributed by atoms with Gasteiger partial charge in [0.05, 0.1) is 17.8 Å². The second-order valence-corrected chi connectivity index (χ2v) is 6.58. The second kappa shape index (κ2) is 12.3. The van der Waals surface area contributed by atoms with Gasteiger partial charge in [0, 0.05) is 37.5 Å². The van der Waals surface area contributed by atoms with Crippen molar-refractivity contribution >= 4 is 23.4 Å².